The van der Waals surface area contributed by atoms with Gasteiger partial charge < -0.3 is 10.8 Å². The van der Waals surface area contributed by atoms with E-state index in [-0.39, 0.29) is 12.2 Å². The van der Waals surface area contributed by atoms with Crippen LogP contribution < -0.4 is 5.73 Å². The van der Waals surface area contributed by atoms with Crippen molar-refractivity contribution >= 4 is 11.8 Å². The fourth-order valence-corrected chi connectivity index (χ4v) is 1.80. The summed E-state index contributed by atoms with van der Waals surface area (Å²) in [6.45, 7) is 3.53. The summed E-state index contributed by atoms with van der Waals surface area (Å²) in [5.41, 5.74) is 7.47. The van der Waals surface area contributed by atoms with E-state index in [9.17, 15) is 9.59 Å². The molecule has 0 aliphatic rings. The van der Waals surface area contributed by atoms with Crippen molar-refractivity contribution in [2.45, 2.75) is 32.7 Å². The minimum Gasteiger partial charge on any atom is -0.481 e. The predicted octanol–water partition coefficient (Wildman–Crippen LogP) is 1.54. The van der Waals surface area contributed by atoms with Crippen molar-refractivity contribution in [1.29, 1.82) is 0 Å². The molecule has 0 fully saturated rings. The monoisotopic (exact) mass is 249 g/mol. The van der Waals surface area contributed by atoms with Crippen molar-refractivity contribution in [3.8, 4) is 0 Å². The maximum Gasteiger partial charge on any atom is 0.307 e. The lowest BCUT2D eigenvalue weighted by Crippen LogP contribution is -2.31. The Morgan fingerprint density at radius 1 is 1.39 bits per heavy atom. The van der Waals surface area contributed by atoms with Gasteiger partial charge in [0.25, 0.3) is 0 Å². The van der Waals surface area contributed by atoms with Crippen molar-refractivity contribution in [3.05, 3.63) is 35.4 Å². The first-order valence-electron chi connectivity index (χ1n) is 5.96. The number of carboxylic acids is 1. The van der Waals surface area contributed by atoms with Gasteiger partial charge in [-0.2, -0.15) is 0 Å². The van der Waals surface area contributed by atoms with Crippen LogP contribution in [0.15, 0.2) is 24.3 Å². The summed E-state index contributed by atoms with van der Waals surface area (Å²) in [6.07, 6.45) is 0.344. The van der Waals surface area contributed by atoms with Gasteiger partial charge in [-0.05, 0) is 25.8 Å². The summed E-state index contributed by atoms with van der Waals surface area (Å²) in [5.74, 6) is -1.87. The third-order valence-corrected chi connectivity index (χ3v) is 2.87. The van der Waals surface area contributed by atoms with Crippen LogP contribution in [0.3, 0.4) is 0 Å². The zero-order chi connectivity index (χ0) is 13.7. The summed E-state index contributed by atoms with van der Waals surface area (Å²) >= 11 is 0. The number of carbonyl (C=O) groups is 2. The van der Waals surface area contributed by atoms with Crippen LogP contribution in [0, 0.1) is 12.8 Å². The van der Waals surface area contributed by atoms with Gasteiger partial charge in [-0.1, -0.05) is 29.8 Å². The summed E-state index contributed by atoms with van der Waals surface area (Å²) in [7, 11) is 0. The van der Waals surface area contributed by atoms with Crippen LogP contribution in [0.2, 0.25) is 0 Å². The number of ketones is 1. The van der Waals surface area contributed by atoms with Gasteiger partial charge >= 0.3 is 5.97 Å². The van der Waals surface area contributed by atoms with Crippen molar-refractivity contribution < 1.29 is 14.7 Å². The summed E-state index contributed by atoms with van der Waals surface area (Å²) in [5, 5.41) is 9.14. The van der Waals surface area contributed by atoms with E-state index >= 15 is 0 Å². The Labute approximate surface area is 107 Å². The molecule has 0 aliphatic carbocycles. The quantitative estimate of drug-likeness (QED) is 0.801. The largest absolute Gasteiger partial charge is 0.481 e. The summed E-state index contributed by atoms with van der Waals surface area (Å²) in [4.78, 5) is 22.7. The highest BCUT2D eigenvalue weighted by atomic mass is 16.4. The van der Waals surface area contributed by atoms with E-state index in [2.05, 4.69) is 0 Å². The molecule has 4 nitrogen and oxygen atoms in total. The zero-order valence-electron chi connectivity index (χ0n) is 10.7. The molecule has 98 valence electrons. The molecular formula is C14H19NO3. The lowest BCUT2D eigenvalue weighted by atomic mass is 9.92. The molecule has 1 rings (SSSR count). The second-order valence-electron chi connectivity index (χ2n) is 4.69. The van der Waals surface area contributed by atoms with E-state index in [4.69, 9.17) is 10.8 Å². The number of rotatable bonds is 6. The van der Waals surface area contributed by atoms with Crippen LogP contribution in [0.4, 0.5) is 0 Å². The number of hydrogen-bond acceptors (Lipinski definition) is 3. The number of Topliss-reactive ketones (excluding diaryl/α,β-unsaturated/α-hetero) is 1. The molecule has 0 aliphatic heterocycles. The van der Waals surface area contributed by atoms with E-state index < -0.39 is 17.9 Å². The molecule has 0 spiro atoms. The maximum absolute atomic E-state index is 11.5. The Balaban J connectivity index is 2.75. The Morgan fingerprint density at radius 2 is 2.06 bits per heavy atom. The van der Waals surface area contributed by atoms with Crippen LogP contribution >= 0.6 is 0 Å². The molecule has 0 radical (unpaired) electrons. The Kier molecular flexibility index (Phi) is 5.04. The van der Waals surface area contributed by atoms with E-state index in [0.717, 1.165) is 11.1 Å². The zero-order valence-corrected chi connectivity index (χ0v) is 10.7. The Hall–Kier alpha value is -1.68. The maximum atomic E-state index is 11.5. The fraction of sp³-hybridized carbons (Fsp3) is 0.429. The smallest absolute Gasteiger partial charge is 0.307 e. The second-order valence-corrected chi connectivity index (χ2v) is 4.69. The average molecular weight is 249 g/mol. The molecule has 0 saturated carbocycles. The highest BCUT2D eigenvalue weighted by Crippen LogP contribution is 2.15. The highest BCUT2D eigenvalue weighted by Gasteiger charge is 2.23. The number of nitrogens with two attached hydrogens (primary N) is 1. The molecule has 0 bridgehead atoms. The van der Waals surface area contributed by atoms with Crippen LogP contribution in [-0.2, 0) is 16.0 Å². The van der Waals surface area contributed by atoms with Crippen molar-refractivity contribution in [2.24, 2.45) is 11.7 Å². The first-order chi connectivity index (χ1) is 8.40. The van der Waals surface area contributed by atoms with Gasteiger partial charge in [0.2, 0.25) is 0 Å². The van der Waals surface area contributed by atoms with Gasteiger partial charge in [0.1, 0.15) is 5.78 Å². The lowest BCUT2D eigenvalue weighted by Gasteiger charge is -2.13. The number of benzene rings is 1. The lowest BCUT2D eigenvalue weighted by molar-refractivity contribution is -0.143. The van der Waals surface area contributed by atoms with Crippen LogP contribution in [-0.4, -0.2) is 22.9 Å². The standard InChI is InChI=1S/C14H19NO3/c1-9-4-3-5-11(6-9)7-12(14(17)18)8-13(16)10(2)15/h3-6,10,12H,7-8,15H2,1-2H3,(H,17,18)/t10-,12?/m0/s1. The molecule has 2 atom stereocenters. The van der Waals surface area contributed by atoms with Gasteiger partial charge in [-0.3, -0.25) is 9.59 Å². The molecule has 1 unspecified atom stereocenters. The minimum absolute atomic E-state index is 0.0130. The molecule has 0 heterocycles. The van der Waals surface area contributed by atoms with E-state index in [1.165, 1.54) is 0 Å². The first-order valence-corrected chi connectivity index (χ1v) is 5.96. The molecule has 0 saturated heterocycles. The van der Waals surface area contributed by atoms with Crippen molar-refractivity contribution in [3.63, 3.8) is 0 Å². The summed E-state index contributed by atoms with van der Waals surface area (Å²) < 4.78 is 0. The topological polar surface area (TPSA) is 80.4 Å². The Morgan fingerprint density at radius 3 is 2.56 bits per heavy atom. The molecule has 18 heavy (non-hydrogen) atoms. The summed E-state index contributed by atoms with van der Waals surface area (Å²) in [6, 6.07) is 7.04. The van der Waals surface area contributed by atoms with Gasteiger partial charge in [-0.25, -0.2) is 0 Å². The number of aliphatic carboxylic acids is 1. The fourth-order valence-electron chi connectivity index (χ4n) is 1.80. The minimum atomic E-state index is -0.953. The van der Waals surface area contributed by atoms with Crippen LogP contribution in [0.5, 0.6) is 0 Å². The molecule has 1 aromatic rings. The van der Waals surface area contributed by atoms with Crippen LogP contribution in [0.25, 0.3) is 0 Å². The van der Waals surface area contributed by atoms with Crippen molar-refractivity contribution in [2.75, 3.05) is 0 Å². The van der Waals surface area contributed by atoms with Gasteiger partial charge in [-0.15, -0.1) is 0 Å². The molecule has 3 N–H and O–H groups in total. The highest BCUT2D eigenvalue weighted by molar-refractivity contribution is 5.87. The number of aryl methyl sites for hydroxylation is 1. The molecule has 1 aromatic carbocycles. The van der Waals surface area contributed by atoms with E-state index in [0.29, 0.717) is 6.42 Å². The molecule has 0 aromatic heterocycles. The van der Waals surface area contributed by atoms with Gasteiger partial charge in [0, 0.05) is 6.42 Å². The Bertz CT molecular complexity index is 440. The predicted molar refractivity (Wildman–Crippen MR) is 69.3 cm³/mol. The van der Waals surface area contributed by atoms with Crippen molar-refractivity contribution in [1.82, 2.24) is 0 Å². The number of hydrogen-bond donors (Lipinski definition) is 2. The molecular weight excluding hydrogens is 230 g/mol. The number of carbonyl (C=O) groups excluding carboxylic acids is 1. The van der Waals surface area contributed by atoms with E-state index in [1.807, 2.05) is 31.2 Å². The van der Waals surface area contributed by atoms with Gasteiger partial charge in [0.05, 0.1) is 12.0 Å². The number of carboxylic acid groups (broad SMARTS) is 1. The van der Waals surface area contributed by atoms with Gasteiger partial charge in [0.15, 0.2) is 0 Å². The van der Waals surface area contributed by atoms with Crippen LogP contribution in [0.1, 0.15) is 24.5 Å². The third kappa shape index (κ3) is 4.30. The molecule has 0 amide bonds. The average Bonchev–Trinajstić information content (AvgIpc) is 2.27. The third-order valence-electron chi connectivity index (χ3n) is 2.87. The second kappa shape index (κ2) is 6.31. The SMILES string of the molecule is Cc1cccc(CC(CC(=O)[C@H](C)N)C(=O)O)c1. The normalized spacial score (nSPS) is 13.9. The first kappa shape index (κ1) is 14.4. The van der Waals surface area contributed by atoms with E-state index in [1.54, 1.807) is 6.92 Å². The molecule has 4 heteroatoms.